The van der Waals surface area contributed by atoms with Gasteiger partial charge in [-0.15, -0.1) is 0 Å². The number of nitrogens with one attached hydrogen (secondary N) is 1. The number of hydrogen-bond donors (Lipinski definition) is 2. The van der Waals surface area contributed by atoms with Gasteiger partial charge in [-0.05, 0) is 32.9 Å². The molecule has 1 atom stereocenters. The number of hydrogen-bond acceptors (Lipinski definition) is 3. The maximum absolute atomic E-state index is 11.8. The van der Waals surface area contributed by atoms with Gasteiger partial charge in [0.2, 0.25) is 0 Å². The fourth-order valence-corrected chi connectivity index (χ4v) is 1.35. The standard InChI is InChI=1S/C13H20N2O2/c1-10(17-13(2,3)9-14)12(16)15-11-7-5-4-6-8-11/h4-8,10H,9,14H2,1-3H3,(H,15,16). The van der Waals surface area contributed by atoms with E-state index in [1.807, 2.05) is 44.2 Å². The van der Waals surface area contributed by atoms with E-state index in [0.29, 0.717) is 6.54 Å². The second kappa shape index (κ2) is 5.80. The predicted molar refractivity (Wildman–Crippen MR) is 68.8 cm³/mol. The van der Waals surface area contributed by atoms with Gasteiger partial charge >= 0.3 is 0 Å². The molecule has 0 aliphatic heterocycles. The van der Waals surface area contributed by atoms with Crippen molar-refractivity contribution in [2.45, 2.75) is 32.5 Å². The van der Waals surface area contributed by atoms with Crippen LogP contribution in [-0.2, 0) is 9.53 Å². The number of ether oxygens (including phenoxy) is 1. The highest BCUT2D eigenvalue weighted by atomic mass is 16.5. The quantitative estimate of drug-likeness (QED) is 0.819. The lowest BCUT2D eigenvalue weighted by Gasteiger charge is -2.27. The van der Waals surface area contributed by atoms with Gasteiger partial charge in [0.05, 0.1) is 5.60 Å². The summed E-state index contributed by atoms with van der Waals surface area (Å²) in [5, 5.41) is 2.78. The summed E-state index contributed by atoms with van der Waals surface area (Å²) in [6.07, 6.45) is -0.534. The lowest BCUT2D eigenvalue weighted by molar-refractivity contribution is -0.135. The van der Waals surface area contributed by atoms with Gasteiger partial charge in [-0.25, -0.2) is 0 Å². The number of carbonyl (C=O) groups is 1. The molecule has 0 radical (unpaired) electrons. The van der Waals surface area contributed by atoms with Crippen LogP contribution in [0, 0.1) is 0 Å². The van der Waals surface area contributed by atoms with Crippen molar-refractivity contribution in [3.63, 3.8) is 0 Å². The van der Waals surface area contributed by atoms with Gasteiger partial charge < -0.3 is 15.8 Å². The van der Waals surface area contributed by atoms with Crippen LogP contribution in [0.3, 0.4) is 0 Å². The van der Waals surface area contributed by atoms with E-state index in [1.165, 1.54) is 0 Å². The van der Waals surface area contributed by atoms with Crippen LogP contribution in [0.25, 0.3) is 0 Å². The zero-order chi connectivity index (χ0) is 12.9. The third-order valence-electron chi connectivity index (χ3n) is 2.40. The van der Waals surface area contributed by atoms with Crippen molar-refractivity contribution in [3.05, 3.63) is 30.3 Å². The highest BCUT2D eigenvalue weighted by Gasteiger charge is 2.23. The molecule has 0 spiro atoms. The van der Waals surface area contributed by atoms with E-state index < -0.39 is 11.7 Å². The Hall–Kier alpha value is -1.39. The summed E-state index contributed by atoms with van der Waals surface area (Å²) >= 11 is 0. The highest BCUT2D eigenvalue weighted by Crippen LogP contribution is 2.12. The first-order chi connectivity index (χ1) is 7.94. The molecule has 4 nitrogen and oxygen atoms in total. The van der Waals surface area contributed by atoms with Crippen molar-refractivity contribution < 1.29 is 9.53 Å². The Balaban J connectivity index is 2.54. The van der Waals surface area contributed by atoms with Crippen molar-refractivity contribution in [3.8, 4) is 0 Å². The second-order valence-electron chi connectivity index (χ2n) is 4.58. The summed E-state index contributed by atoms with van der Waals surface area (Å²) in [6.45, 7) is 5.81. The molecule has 0 aliphatic rings. The largest absolute Gasteiger partial charge is 0.361 e. The number of carbonyl (C=O) groups excluding carboxylic acids is 1. The number of nitrogens with two attached hydrogens (primary N) is 1. The smallest absolute Gasteiger partial charge is 0.253 e. The van der Waals surface area contributed by atoms with E-state index in [-0.39, 0.29) is 5.91 Å². The van der Waals surface area contributed by atoms with Crippen molar-refractivity contribution in [2.75, 3.05) is 11.9 Å². The molecule has 17 heavy (non-hydrogen) atoms. The first-order valence-electron chi connectivity index (χ1n) is 5.68. The summed E-state index contributed by atoms with van der Waals surface area (Å²) in [6, 6.07) is 9.29. The Bertz CT molecular complexity index is 363. The molecule has 0 fully saturated rings. The normalized spacial score (nSPS) is 13.2. The van der Waals surface area contributed by atoms with Crippen LogP contribution < -0.4 is 11.1 Å². The summed E-state index contributed by atoms with van der Waals surface area (Å²) in [5.41, 5.74) is 5.82. The number of rotatable bonds is 5. The molecule has 1 aromatic rings. The Morgan fingerprint density at radius 2 is 2.00 bits per heavy atom. The molecule has 0 bridgehead atoms. The minimum atomic E-state index is -0.534. The Morgan fingerprint density at radius 3 is 2.53 bits per heavy atom. The first-order valence-corrected chi connectivity index (χ1v) is 5.68. The van der Waals surface area contributed by atoms with E-state index in [0.717, 1.165) is 5.69 Å². The number of benzene rings is 1. The number of amides is 1. The summed E-state index contributed by atoms with van der Waals surface area (Å²) in [4.78, 5) is 11.8. The van der Waals surface area contributed by atoms with Gasteiger partial charge in [-0.3, -0.25) is 4.79 Å². The zero-order valence-electron chi connectivity index (χ0n) is 10.6. The van der Waals surface area contributed by atoms with Crippen molar-refractivity contribution in [1.82, 2.24) is 0 Å². The van der Waals surface area contributed by atoms with Crippen molar-refractivity contribution >= 4 is 11.6 Å². The van der Waals surface area contributed by atoms with E-state index >= 15 is 0 Å². The molecule has 1 unspecified atom stereocenters. The summed E-state index contributed by atoms with van der Waals surface area (Å²) < 4.78 is 5.58. The minimum absolute atomic E-state index is 0.169. The first kappa shape index (κ1) is 13.7. The van der Waals surface area contributed by atoms with Crippen LogP contribution >= 0.6 is 0 Å². The zero-order valence-corrected chi connectivity index (χ0v) is 10.6. The van der Waals surface area contributed by atoms with Gasteiger partial charge in [0, 0.05) is 12.2 Å². The molecular weight excluding hydrogens is 216 g/mol. The maximum Gasteiger partial charge on any atom is 0.253 e. The SMILES string of the molecule is CC(OC(C)(C)CN)C(=O)Nc1ccccc1. The Labute approximate surface area is 102 Å². The fraction of sp³-hybridized carbons (Fsp3) is 0.462. The molecule has 0 heterocycles. The molecule has 0 aromatic heterocycles. The topological polar surface area (TPSA) is 64.3 Å². The Morgan fingerprint density at radius 1 is 1.41 bits per heavy atom. The van der Waals surface area contributed by atoms with Crippen molar-refractivity contribution in [1.29, 1.82) is 0 Å². The molecule has 0 aliphatic carbocycles. The summed E-state index contributed by atoms with van der Waals surface area (Å²) in [5.74, 6) is -0.169. The maximum atomic E-state index is 11.8. The molecule has 3 N–H and O–H groups in total. The van der Waals surface area contributed by atoms with E-state index in [4.69, 9.17) is 10.5 Å². The molecular formula is C13H20N2O2. The molecule has 0 saturated heterocycles. The highest BCUT2D eigenvalue weighted by molar-refractivity contribution is 5.93. The molecule has 1 rings (SSSR count). The van der Waals surface area contributed by atoms with Gasteiger partial charge in [-0.2, -0.15) is 0 Å². The fourth-order valence-electron chi connectivity index (χ4n) is 1.35. The lowest BCUT2D eigenvalue weighted by Crippen LogP contribution is -2.41. The van der Waals surface area contributed by atoms with Gasteiger partial charge in [0.25, 0.3) is 5.91 Å². The van der Waals surface area contributed by atoms with Gasteiger partial charge in [-0.1, -0.05) is 18.2 Å². The van der Waals surface area contributed by atoms with Crippen LogP contribution in [0.4, 0.5) is 5.69 Å². The Kier molecular flexibility index (Phi) is 4.66. The average molecular weight is 236 g/mol. The van der Waals surface area contributed by atoms with Crippen LogP contribution in [0.2, 0.25) is 0 Å². The molecule has 0 saturated carbocycles. The molecule has 4 heteroatoms. The predicted octanol–water partition coefficient (Wildman–Crippen LogP) is 1.77. The molecule has 1 aromatic carbocycles. The number of anilines is 1. The van der Waals surface area contributed by atoms with Crippen LogP contribution in [-0.4, -0.2) is 24.2 Å². The van der Waals surface area contributed by atoms with Crippen LogP contribution in [0.15, 0.2) is 30.3 Å². The van der Waals surface area contributed by atoms with Gasteiger partial charge in [0.15, 0.2) is 0 Å². The van der Waals surface area contributed by atoms with E-state index in [2.05, 4.69) is 5.32 Å². The van der Waals surface area contributed by atoms with E-state index in [1.54, 1.807) is 6.92 Å². The minimum Gasteiger partial charge on any atom is -0.361 e. The molecule has 1 amide bonds. The second-order valence-corrected chi connectivity index (χ2v) is 4.58. The van der Waals surface area contributed by atoms with Crippen LogP contribution in [0.5, 0.6) is 0 Å². The molecule has 94 valence electrons. The average Bonchev–Trinajstić information content (AvgIpc) is 2.30. The van der Waals surface area contributed by atoms with E-state index in [9.17, 15) is 4.79 Å². The van der Waals surface area contributed by atoms with Gasteiger partial charge in [0.1, 0.15) is 6.10 Å². The van der Waals surface area contributed by atoms with Crippen molar-refractivity contribution in [2.24, 2.45) is 5.73 Å². The monoisotopic (exact) mass is 236 g/mol. The number of para-hydroxylation sites is 1. The third-order valence-corrected chi connectivity index (χ3v) is 2.40. The van der Waals surface area contributed by atoms with Crippen LogP contribution in [0.1, 0.15) is 20.8 Å². The lowest BCUT2D eigenvalue weighted by atomic mass is 10.1. The third kappa shape index (κ3) is 4.54. The summed E-state index contributed by atoms with van der Waals surface area (Å²) in [7, 11) is 0.